The van der Waals surface area contributed by atoms with Crippen molar-refractivity contribution in [3.8, 4) is 0 Å². The minimum atomic E-state index is -0.205. The summed E-state index contributed by atoms with van der Waals surface area (Å²) in [7, 11) is 1.50. The minimum Gasteiger partial charge on any atom is -0.399 e. The molecule has 0 aromatic heterocycles. The molecule has 0 bridgehead atoms. The van der Waals surface area contributed by atoms with Gasteiger partial charge in [0, 0.05) is 23.0 Å². The molecular formula is C25H30N2O3. The number of hydrogen-bond acceptors (Lipinski definition) is 4. The van der Waals surface area contributed by atoms with Crippen LogP contribution in [-0.4, -0.2) is 24.5 Å². The molecule has 0 atom stereocenters. The van der Waals surface area contributed by atoms with Crippen LogP contribution in [0.5, 0.6) is 0 Å². The summed E-state index contributed by atoms with van der Waals surface area (Å²) in [6.07, 6.45) is 4.50. The van der Waals surface area contributed by atoms with E-state index in [0.717, 1.165) is 17.7 Å². The average molecular weight is 407 g/mol. The van der Waals surface area contributed by atoms with E-state index in [9.17, 15) is 9.59 Å². The van der Waals surface area contributed by atoms with E-state index in [1.807, 2.05) is 58.0 Å². The molecule has 0 fully saturated rings. The van der Waals surface area contributed by atoms with Crippen molar-refractivity contribution in [1.29, 1.82) is 0 Å². The fourth-order valence-corrected chi connectivity index (χ4v) is 2.85. The first-order valence-corrected chi connectivity index (χ1v) is 10.1. The van der Waals surface area contributed by atoms with Gasteiger partial charge in [0.25, 0.3) is 0 Å². The van der Waals surface area contributed by atoms with Gasteiger partial charge in [0.2, 0.25) is 5.91 Å². The third kappa shape index (κ3) is 6.41. The van der Waals surface area contributed by atoms with Crippen LogP contribution in [0.3, 0.4) is 0 Å². The standard InChI is InChI=1S/C25H30N2O3/c1-6-18-15-16-21(20(17-18)24(29)19-11-8-7-9-12-19)26-23(28)14-10-13-22(27-30-5)25(2,3)4/h7-13,15-17H,6,14H2,1-5H3,(H,26,28)/b13-10+,27-22+. The number of aryl methyl sites for hydroxylation is 1. The second-order valence-electron chi connectivity index (χ2n) is 7.99. The van der Waals surface area contributed by atoms with E-state index in [-0.39, 0.29) is 23.5 Å². The van der Waals surface area contributed by atoms with Crippen molar-refractivity contribution in [3.05, 3.63) is 77.4 Å². The lowest BCUT2D eigenvalue weighted by molar-refractivity contribution is -0.115. The lowest BCUT2D eigenvalue weighted by Crippen LogP contribution is -2.19. The van der Waals surface area contributed by atoms with E-state index in [4.69, 9.17) is 4.84 Å². The molecule has 0 radical (unpaired) electrons. The summed E-state index contributed by atoms with van der Waals surface area (Å²) in [5.41, 5.74) is 3.18. The van der Waals surface area contributed by atoms with E-state index < -0.39 is 0 Å². The second kappa shape index (κ2) is 10.5. The van der Waals surface area contributed by atoms with Gasteiger partial charge in [-0.1, -0.05) is 75.3 Å². The highest BCUT2D eigenvalue weighted by Crippen LogP contribution is 2.22. The molecule has 158 valence electrons. The van der Waals surface area contributed by atoms with E-state index >= 15 is 0 Å². The van der Waals surface area contributed by atoms with Crippen molar-refractivity contribution in [1.82, 2.24) is 0 Å². The first-order valence-electron chi connectivity index (χ1n) is 10.1. The Bertz CT molecular complexity index is 939. The Kier molecular flexibility index (Phi) is 8.10. The first-order chi connectivity index (χ1) is 14.3. The minimum absolute atomic E-state index is 0.112. The Labute approximate surface area is 178 Å². The summed E-state index contributed by atoms with van der Waals surface area (Å²) in [5, 5.41) is 6.89. The normalized spacial score (nSPS) is 12.1. The Balaban J connectivity index is 2.20. The van der Waals surface area contributed by atoms with E-state index in [1.165, 1.54) is 7.11 Å². The van der Waals surface area contributed by atoms with Crippen LogP contribution in [-0.2, 0) is 16.1 Å². The summed E-state index contributed by atoms with van der Waals surface area (Å²) in [6.45, 7) is 8.09. The molecule has 30 heavy (non-hydrogen) atoms. The number of carbonyl (C=O) groups excluding carboxylic acids is 2. The summed E-state index contributed by atoms with van der Waals surface area (Å²) < 4.78 is 0. The third-order valence-electron chi connectivity index (χ3n) is 4.58. The van der Waals surface area contributed by atoms with Crippen LogP contribution in [0.1, 0.15) is 55.6 Å². The highest BCUT2D eigenvalue weighted by atomic mass is 16.6. The Hall–Kier alpha value is -3.21. The van der Waals surface area contributed by atoms with Crippen molar-refractivity contribution >= 4 is 23.1 Å². The molecule has 2 aromatic carbocycles. The van der Waals surface area contributed by atoms with Gasteiger partial charge in [0.15, 0.2) is 5.78 Å². The molecule has 0 saturated heterocycles. The number of rotatable bonds is 8. The van der Waals surface area contributed by atoms with Gasteiger partial charge in [0.05, 0.1) is 11.4 Å². The molecule has 1 N–H and O–H groups in total. The van der Waals surface area contributed by atoms with Gasteiger partial charge in [-0.05, 0) is 30.2 Å². The molecule has 2 rings (SSSR count). The van der Waals surface area contributed by atoms with Gasteiger partial charge in [-0.3, -0.25) is 9.59 Å². The molecule has 0 aliphatic heterocycles. The number of oxime groups is 1. The third-order valence-corrected chi connectivity index (χ3v) is 4.58. The van der Waals surface area contributed by atoms with Gasteiger partial charge in [0.1, 0.15) is 7.11 Å². The molecule has 5 nitrogen and oxygen atoms in total. The monoisotopic (exact) mass is 406 g/mol. The zero-order valence-electron chi connectivity index (χ0n) is 18.4. The van der Waals surface area contributed by atoms with Gasteiger partial charge in [-0.25, -0.2) is 0 Å². The molecule has 0 unspecified atom stereocenters. The molecule has 0 heterocycles. The van der Waals surface area contributed by atoms with Gasteiger partial charge >= 0.3 is 0 Å². The summed E-state index contributed by atoms with van der Waals surface area (Å²) in [6, 6.07) is 14.6. The fraction of sp³-hybridized carbons (Fsp3) is 0.320. The van der Waals surface area contributed by atoms with Crippen molar-refractivity contribution in [3.63, 3.8) is 0 Å². The number of carbonyl (C=O) groups is 2. The maximum absolute atomic E-state index is 13.0. The van der Waals surface area contributed by atoms with Crippen molar-refractivity contribution < 1.29 is 14.4 Å². The second-order valence-corrected chi connectivity index (χ2v) is 7.99. The predicted molar refractivity (Wildman–Crippen MR) is 122 cm³/mol. The molecule has 0 aliphatic rings. The number of anilines is 1. The number of ketones is 1. The average Bonchev–Trinajstić information content (AvgIpc) is 2.73. The van der Waals surface area contributed by atoms with Crippen molar-refractivity contribution in [2.45, 2.75) is 40.5 Å². The fourth-order valence-electron chi connectivity index (χ4n) is 2.85. The zero-order chi connectivity index (χ0) is 22.1. The van der Waals surface area contributed by atoms with Gasteiger partial charge in [-0.15, -0.1) is 0 Å². The molecular weight excluding hydrogens is 376 g/mol. The van der Waals surface area contributed by atoms with Gasteiger partial charge in [-0.2, -0.15) is 0 Å². The molecule has 2 aromatic rings. The number of amides is 1. The predicted octanol–water partition coefficient (Wildman–Crippen LogP) is 5.41. The molecule has 1 amide bonds. The van der Waals surface area contributed by atoms with Crippen LogP contribution >= 0.6 is 0 Å². The Morgan fingerprint density at radius 1 is 1.10 bits per heavy atom. The number of benzene rings is 2. The van der Waals surface area contributed by atoms with E-state index in [1.54, 1.807) is 30.4 Å². The Morgan fingerprint density at radius 3 is 2.40 bits per heavy atom. The first kappa shape index (κ1) is 23.1. The molecule has 0 saturated carbocycles. The lowest BCUT2D eigenvalue weighted by atomic mass is 9.89. The number of nitrogens with one attached hydrogen (secondary N) is 1. The largest absolute Gasteiger partial charge is 0.399 e. The lowest BCUT2D eigenvalue weighted by Gasteiger charge is -2.17. The SMILES string of the molecule is CCc1ccc(NC(=O)C/C=C/C(=N\OC)C(C)(C)C)c(C(=O)c2ccccc2)c1. The van der Waals surface area contributed by atoms with Crippen LogP contribution in [0, 0.1) is 5.41 Å². The summed E-state index contributed by atoms with van der Waals surface area (Å²) >= 11 is 0. The molecule has 0 aliphatic carbocycles. The quantitative estimate of drug-likeness (QED) is 0.362. The maximum Gasteiger partial charge on any atom is 0.228 e. The van der Waals surface area contributed by atoms with Crippen LogP contribution < -0.4 is 5.32 Å². The molecule has 5 heteroatoms. The summed E-state index contributed by atoms with van der Waals surface area (Å²) in [4.78, 5) is 30.4. The van der Waals surface area contributed by atoms with Crippen LogP contribution in [0.25, 0.3) is 0 Å². The number of hydrogen-bond donors (Lipinski definition) is 1. The van der Waals surface area contributed by atoms with Gasteiger partial charge < -0.3 is 10.2 Å². The summed E-state index contributed by atoms with van der Waals surface area (Å²) in [5.74, 6) is -0.317. The number of allylic oxidation sites excluding steroid dienone is 1. The highest BCUT2D eigenvalue weighted by Gasteiger charge is 2.18. The van der Waals surface area contributed by atoms with E-state index in [0.29, 0.717) is 16.8 Å². The smallest absolute Gasteiger partial charge is 0.228 e. The zero-order valence-corrected chi connectivity index (χ0v) is 18.4. The Morgan fingerprint density at radius 2 is 1.80 bits per heavy atom. The van der Waals surface area contributed by atoms with Crippen LogP contribution in [0.4, 0.5) is 5.69 Å². The maximum atomic E-state index is 13.0. The van der Waals surface area contributed by atoms with Crippen LogP contribution in [0.15, 0.2) is 65.8 Å². The molecule has 0 spiro atoms. The van der Waals surface area contributed by atoms with Crippen LogP contribution in [0.2, 0.25) is 0 Å². The highest BCUT2D eigenvalue weighted by molar-refractivity contribution is 6.14. The topological polar surface area (TPSA) is 67.8 Å². The van der Waals surface area contributed by atoms with Crippen molar-refractivity contribution in [2.75, 3.05) is 12.4 Å². The van der Waals surface area contributed by atoms with E-state index in [2.05, 4.69) is 10.5 Å². The van der Waals surface area contributed by atoms with Crippen molar-refractivity contribution in [2.24, 2.45) is 10.6 Å². The number of nitrogens with zero attached hydrogens (tertiary/aromatic N) is 1.